The lowest BCUT2D eigenvalue weighted by molar-refractivity contribution is -0.149. The van der Waals surface area contributed by atoms with E-state index in [1.54, 1.807) is 29.2 Å². The number of carbonyl (C=O) groups excluding carboxylic acids is 2. The van der Waals surface area contributed by atoms with Crippen molar-refractivity contribution >= 4 is 23.6 Å². The van der Waals surface area contributed by atoms with Crippen LogP contribution in [0.4, 0.5) is 10.5 Å². The van der Waals surface area contributed by atoms with Crippen LogP contribution in [0.3, 0.4) is 0 Å². The number of urea groups is 1. The number of nitrogens with one attached hydrogen (secondary N) is 2. The predicted molar refractivity (Wildman–Crippen MR) is 102 cm³/mol. The van der Waals surface area contributed by atoms with Gasteiger partial charge in [-0.15, -0.1) is 0 Å². The zero-order chi connectivity index (χ0) is 19.8. The summed E-state index contributed by atoms with van der Waals surface area (Å²) < 4.78 is 0. The molecule has 1 aromatic carbocycles. The Kier molecular flexibility index (Phi) is 4.88. The molecule has 1 saturated carbocycles. The highest BCUT2D eigenvalue weighted by atomic mass is 16.4. The van der Waals surface area contributed by atoms with Gasteiger partial charge in [-0.1, -0.05) is 18.6 Å². The highest BCUT2D eigenvalue weighted by molar-refractivity contribution is 6.03. The van der Waals surface area contributed by atoms with Crippen molar-refractivity contribution in [2.24, 2.45) is 11.3 Å². The molecule has 3 N–H and O–H groups in total. The molecule has 3 amide bonds. The van der Waals surface area contributed by atoms with E-state index in [-0.39, 0.29) is 24.4 Å². The van der Waals surface area contributed by atoms with Gasteiger partial charge in [0, 0.05) is 18.6 Å². The fraction of sp³-hybridized carbons (Fsp3) is 0.550. The van der Waals surface area contributed by atoms with Crippen molar-refractivity contribution in [3.05, 3.63) is 29.8 Å². The van der Waals surface area contributed by atoms with E-state index in [4.69, 9.17) is 0 Å². The summed E-state index contributed by atoms with van der Waals surface area (Å²) in [6, 6.07) is 6.47. The molecule has 0 aromatic heterocycles. The third-order valence-corrected chi connectivity index (χ3v) is 5.49. The number of nitrogens with zero attached hydrogens (tertiary/aromatic N) is 1. The van der Waals surface area contributed by atoms with Crippen LogP contribution in [-0.4, -0.2) is 46.5 Å². The highest BCUT2D eigenvalue weighted by Gasteiger charge is 2.55. The summed E-state index contributed by atoms with van der Waals surface area (Å²) in [7, 11) is 0. The molecule has 0 spiro atoms. The number of carboxylic acids is 1. The minimum Gasteiger partial charge on any atom is -0.481 e. The second kappa shape index (κ2) is 6.87. The number of carboxylic acid groups (broad SMARTS) is 1. The number of para-hydroxylation sites is 1. The first kappa shape index (κ1) is 19.2. The van der Waals surface area contributed by atoms with Crippen LogP contribution in [-0.2, 0) is 4.79 Å². The van der Waals surface area contributed by atoms with Crippen molar-refractivity contribution < 1.29 is 19.5 Å². The molecule has 1 aromatic rings. The fourth-order valence-corrected chi connectivity index (χ4v) is 4.19. The number of benzene rings is 1. The number of hydrogen-bond donors (Lipinski definition) is 3. The quantitative estimate of drug-likeness (QED) is 0.758. The number of amides is 3. The smallest absolute Gasteiger partial charge is 0.321 e. The SMILES string of the molecule is CC(C)(C)NC(=O)c1ccccc1NC(=O)N1C[C@@H]2CCC[C@@]2(C(=O)O)C1. The van der Waals surface area contributed by atoms with Gasteiger partial charge in [-0.05, 0) is 51.7 Å². The topological polar surface area (TPSA) is 98.7 Å². The zero-order valence-electron chi connectivity index (χ0n) is 16.0. The molecular formula is C20H27N3O4. The average molecular weight is 373 g/mol. The van der Waals surface area contributed by atoms with Crippen molar-refractivity contribution in [2.45, 2.75) is 45.6 Å². The minimum atomic E-state index is -0.819. The van der Waals surface area contributed by atoms with Crippen molar-refractivity contribution in [2.75, 3.05) is 18.4 Å². The Labute approximate surface area is 159 Å². The Balaban J connectivity index is 1.74. The molecule has 3 rings (SSSR count). The van der Waals surface area contributed by atoms with Gasteiger partial charge in [0.25, 0.3) is 5.91 Å². The molecule has 1 aliphatic carbocycles. The average Bonchev–Trinajstić information content (AvgIpc) is 3.11. The van der Waals surface area contributed by atoms with E-state index in [2.05, 4.69) is 10.6 Å². The number of anilines is 1. The van der Waals surface area contributed by atoms with Crippen molar-refractivity contribution in [3.63, 3.8) is 0 Å². The van der Waals surface area contributed by atoms with Crippen LogP contribution in [0.5, 0.6) is 0 Å². The molecule has 1 saturated heterocycles. The molecule has 1 aliphatic heterocycles. The lowest BCUT2D eigenvalue weighted by atomic mass is 9.81. The predicted octanol–water partition coefficient (Wildman–Crippen LogP) is 2.93. The Morgan fingerprint density at radius 3 is 2.56 bits per heavy atom. The molecule has 7 heteroatoms. The van der Waals surface area contributed by atoms with Crippen LogP contribution in [0.25, 0.3) is 0 Å². The second-order valence-corrected chi connectivity index (χ2v) is 8.61. The van der Waals surface area contributed by atoms with Gasteiger partial charge >= 0.3 is 12.0 Å². The number of likely N-dealkylation sites (tertiary alicyclic amines) is 1. The third kappa shape index (κ3) is 3.77. The summed E-state index contributed by atoms with van der Waals surface area (Å²) in [6.45, 7) is 6.32. The minimum absolute atomic E-state index is 0.000169. The van der Waals surface area contributed by atoms with Gasteiger partial charge in [-0.25, -0.2) is 4.79 Å². The molecule has 7 nitrogen and oxygen atoms in total. The maximum absolute atomic E-state index is 12.8. The van der Waals surface area contributed by atoms with E-state index >= 15 is 0 Å². The van der Waals surface area contributed by atoms with E-state index in [0.29, 0.717) is 24.2 Å². The van der Waals surface area contributed by atoms with Crippen LogP contribution in [0.1, 0.15) is 50.4 Å². The molecule has 27 heavy (non-hydrogen) atoms. The van der Waals surface area contributed by atoms with E-state index < -0.39 is 16.9 Å². The van der Waals surface area contributed by atoms with Crippen LogP contribution in [0.15, 0.2) is 24.3 Å². The highest BCUT2D eigenvalue weighted by Crippen LogP contribution is 2.48. The lowest BCUT2D eigenvalue weighted by Crippen LogP contribution is -2.41. The van der Waals surface area contributed by atoms with E-state index in [1.807, 2.05) is 20.8 Å². The number of aliphatic carboxylic acids is 1. The molecule has 2 atom stereocenters. The Morgan fingerprint density at radius 1 is 1.22 bits per heavy atom. The van der Waals surface area contributed by atoms with Crippen molar-refractivity contribution in [1.29, 1.82) is 0 Å². The van der Waals surface area contributed by atoms with Crippen molar-refractivity contribution in [1.82, 2.24) is 10.2 Å². The Morgan fingerprint density at radius 2 is 1.93 bits per heavy atom. The first-order valence-electron chi connectivity index (χ1n) is 9.33. The summed E-state index contributed by atoms with van der Waals surface area (Å²) in [5.41, 5.74) is -0.409. The van der Waals surface area contributed by atoms with Crippen LogP contribution < -0.4 is 10.6 Å². The summed E-state index contributed by atoms with van der Waals surface area (Å²) >= 11 is 0. The van der Waals surface area contributed by atoms with Crippen molar-refractivity contribution in [3.8, 4) is 0 Å². The van der Waals surface area contributed by atoms with Crippen LogP contribution in [0, 0.1) is 11.3 Å². The molecule has 2 fully saturated rings. The van der Waals surface area contributed by atoms with E-state index in [1.165, 1.54) is 0 Å². The van der Waals surface area contributed by atoms with E-state index in [9.17, 15) is 19.5 Å². The van der Waals surface area contributed by atoms with Crippen LogP contribution in [0.2, 0.25) is 0 Å². The fourth-order valence-electron chi connectivity index (χ4n) is 4.19. The number of carbonyl (C=O) groups is 3. The molecule has 2 aliphatic rings. The lowest BCUT2D eigenvalue weighted by Gasteiger charge is -2.24. The first-order chi connectivity index (χ1) is 12.6. The van der Waals surface area contributed by atoms with Crippen LogP contribution >= 0.6 is 0 Å². The Hall–Kier alpha value is -2.57. The maximum atomic E-state index is 12.8. The molecule has 0 radical (unpaired) electrons. The van der Waals surface area contributed by atoms with Gasteiger partial charge in [0.1, 0.15) is 0 Å². The van der Waals surface area contributed by atoms with Gasteiger partial charge in [0.05, 0.1) is 16.7 Å². The first-order valence-corrected chi connectivity index (χ1v) is 9.33. The largest absolute Gasteiger partial charge is 0.481 e. The van der Waals surface area contributed by atoms with Gasteiger partial charge in [0.15, 0.2) is 0 Å². The van der Waals surface area contributed by atoms with Gasteiger partial charge in [0.2, 0.25) is 0 Å². The molecule has 1 heterocycles. The standard InChI is InChI=1S/C20H27N3O4/c1-19(2,3)22-16(24)14-8-4-5-9-15(14)21-18(27)23-11-13-7-6-10-20(13,12-23)17(25)26/h4-5,8-9,13H,6-7,10-12H2,1-3H3,(H,21,27)(H,22,24)(H,25,26)/t13-,20+/m0/s1. The van der Waals surface area contributed by atoms with Gasteiger partial charge < -0.3 is 20.6 Å². The second-order valence-electron chi connectivity index (χ2n) is 8.61. The number of hydrogen-bond acceptors (Lipinski definition) is 3. The summed E-state index contributed by atoms with van der Waals surface area (Å²) in [5.74, 6) is -1.08. The molecule has 0 bridgehead atoms. The monoisotopic (exact) mass is 373 g/mol. The molecule has 0 unspecified atom stereocenters. The van der Waals surface area contributed by atoms with Gasteiger partial charge in [-0.3, -0.25) is 9.59 Å². The molecule has 146 valence electrons. The summed E-state index contributed by atoms with van der Waals surface area (Å²) in [4.78, 5) is 38.7. The normalized spacial score (nSPS) is 24.4. The molecular weight excluding hydrogens is 346 g/mol. The maximum Gasteiger partial charge on any atom is 0.321 e. The number of fused-ring (bicyclic) bond motifs is 1. The van der Waals surface area contributed by atoms with Gasteiger partial charge in [-0.2, -0.15) is 0 Å². The summed E-state index contributed by atoms with van der Waals surface area (Å²) in [6.07, 6.45) is 2.34. The Bertz CT molecular complexity index is 771. The number of rotatable bonds is 3. The summed E-state index contributed by atoms with van der Waals surface area (Å²) in [5, 5.41) is 15.4. The zero-order valence-corrected chi connectivity index (χ0v) is 16.0. The third-order valence-electron chi connectivity index (χ3n) is 5.49. The van der Waals surface area contributed by atoms with E-state index in [0.717, 1.165) is 12.8 Å².